The van der Waals surface area contributed by atoms with Gasteiger partial charge >= 0.3 is 0 Å². The Morgan fingerprint density at radius 3 is 2.76 bits per heavy atom. The number of nitrogens with one attached hydrogen (secondary N) is 1. The monoisotopic (exact) mass is 310 g/mol. The molecule has 1 atom stereocenters. The van der Waals surface area contributed by atoms with E-state index in [1.165, 1.54) is 24.0 Å². The zero-order valence-corrected chi connectivity index (χ0v) is 13.7. The summed E-state index contributed by atoms with van der Waals surface area (Å²) in [5.74, 6) is 0.453. The standard InChI is InChI=1S/C17H26N2O.ClH/c1-14-3-2-4-15(9-14)10-19-11-16(12-20)17(13-19)5-7-18-8-6-17;/h2-4,9,16,18,20H,5-8,10-13H2,1H3;1H. The van der Waals surface area contributed by atoms with Crippen molar-refractivity contribution in [1.82, 2.24) is 10.2 Å². The second kappa shape index (κ2) is 7.10. The van der Waals surface area contributed by atoms with Crippen LogP contribution in [0.25, 0.3) is 0 Å². The smallest absolute Gasteiger partial charge is 0.0477 e. The average Bonchev–Trinajstić information content (AvgIpc) is 2.76. The number of nitrogens with zero attached hydrogens (tertiary/aromatic N) is 1. The van der Waals surface area contributed by atoms with Gasteiger partial charge in [0.2, 0.25) is 0 Å². The maximum atomic E-state index is 9.76. The maximum Gasteiger partial charge on any atom is 0.0477 e. The third-order valence-corrected chi connectivity index (χ3v) is 5.19. The molecule has 3 rings (SSSR count). The average molecular weight is 311 g/mol. The lowest BCUT2D eigenvalue weighted by Crippen LogP contribution is -2.42. The summed E-state index contributed by atoms with van der Waals surface area (Å²) in [6.45, 7) is 7.91. The number of hydrogen-bond donors (Lipinski definition) is 2. The van der Waals surface area contributed by atoms with Crippen molar-refractivity contribution >= 4 is 12.4 Å². The minimum absolute atomic E-state index is 0. The van der Waals surface area contributed by atoms with Crippen LogP contribution in [-0.2, 0) is 6.54 Å². The van der Waals surface area contributed by atoms with Gasteiger partial charge in [-0.15, -0.1) is 12.4 Å². The van der Waals surface area contributed by atoms with Crippen LogP contribution in [0, 0.1) is 18.3 Å². The van der Waals surface area contributed by atoms with Crippen LogP contribution in [0.2, 0.25) is 0 Å². The number of hydrogen-bond acceptors (Lipinski definition) is 3. The Morgan fingerprint density at radius 2 is 2.10 bits per heavy atom. The van der Waals surface area contributed by atoms with Crippen LogP contribution >= 0.6 is 12.4 Å². The van der Waals surface area contributed by atoms with Gasteiger partial charge in [-0.1, -0.05) is 29.8 Å². The number of aryl methyl sites for hydroxylation is 1. The van der Waals surface area contributed by atoms with Crippen molar-refractivity contribution in [2.24, 2.45) is 11.3 Å². The van der Waals surface area contributed by atoms with Gasteiger partial charge in [0, 0.05) is 32.2 Å². The van der Waals surface area contributed by atoms with E-state index in [9.17, 15) is 5.11 Å². The van der Waals surface area contributed by atoms with Gasteiger partial charge < -0.3 is 10.4 Å². The fourth-order valence-electron chi connectivity index (χ4n) is 4.08. The fourth-order valence-corrected chi connectivity index (χ4v) is 4.08. The van der Waals surface area contributed by atoms with Crippen molar-refractivity contribution in [3.63, 3.8) is 0 Å². The third kappa shape index (κ3) is 3.59. The molecule has 2 heterocycles. The molecular formula is C17H27ClN2O. The molecule has 0 amide bonds. The van der Waals surface area contributed by atoms with Crippen LogP contribution in [0.15, 0.2) is 24.3 Å². The summed E-state index contributed by atoms with van der Waals surface area (Å²) in [5.41, 5.74) is 3.08. The molecule has 0 aliphatic carbocycles. The third-order valence-electron chi connectivity index (χ3n) is 5.19. The highest BCUT2D eigenvalue weighted by atomic mass is 35.5. The highest BCUT2D eigenvalue weighted by Gasteiger charge is 2.46. The largest absolute Gasteiger partial charge is 0.396 e. The van der Waals surface area contributed by atoms with E-state index in [4.69, 9.17) is 0 Å². The molecule has 2 saturated heterocycles. The summed E-state index contributed by atoms with van der Waals surface area (Å²) >= 11 is 0. The van der Waals surface area contributed by atoms with E-state index >= 15 is 0 Å². The van der Waals surface area contributed by atoms with E-state index < -0.39 is 0 Å². The number of piperidine rings is 1. The van der Waals surface area contributed by atoms with E-state index in [0.717, 1.165) is 32.7 Å². The number of aliphatic hydroxyl groups is 1. The van der Waals surface area contributed by atoms with Crippen molar-refractivity contribution in [2.75, 3.05) is 32.8 Å². The zero-order chi connectivity index (χ0) is 14.0. The van der Waals surface area contributed by atoms with Crippen molar-refractivity contribution < 1.29 is 5.11 Å². The molecule has 0 aromatic heterocycles. The minimum Gasteiger partial charge on any atom is -0.396 e. The lowest BCUT2D eigenvalue weighted by atomic mass is 9.71. The van der Waals surface area contributed by atoms with E-state index in [2.05, 4.69) is 41.4 Å². The second-order valence-corrected chi connectivity index (χ2v) is 6.65. The van der Waals surface area contributed by atoms with Gasteiger partial charge in [-0.05, 0) is 43.8 Å². The number of likely N-dealkylation sites (tertiary alicyclic amines) is 1. The molecule has 4 heteroatoms. The molecule has 0 saturated carbocycles. The predicted octanol–water partition coefficient (Wildman–Crippen LogP) is 2.21. The van der Waals surface area contributed by atoms with Gasteiger partial charge in [0.15, 0.2) is 0 Å². The highest BCUT2D eigenvalue weighted by Crippen LogP contribution is 2.43. The topological polar surface area (TPSA) is 35.5 Å². The van der Waals surface area contributed by atoms with Gasteiger partial charge in [0.05, 0.1) is 0 Å². The fraction of sp³-hybridized carbons (Fsp3) is 0.647. The molecule has 0 bridgehead atoms. The van der Waals surface area contributed by atoms with Crippen LogP contribution in [0.5, 0.6) is 0 Å². The molecule has 1 aromatic rings. The molecule has 3 nitrogen and oxygen atoms in total. The first-order valence-corrected chi connectivity index (χ1v) is 7.81. The second-order valence-electron chi connectivity index (χ2n) is 6.65. The van der Waals surface area contributed by atoms with Crippen molar-refractivity contribution in [2.45, 2.75) is 26.3 Å². The molecule has 118 valence electrons. The minimum atomic E-state index is 0. The van der Waals surface area contributed by atoms with Gasteiger partial charge in [-0.2, -0.15) is 0 Å². The van der Waals surface area contributed by atoms with Crippen LogP contribution < -0.4 is 5.32 Å². The molecule has 1 unspecified atom stereocenters. The van der Waals surface area contributed by atoms with Gasteiger partial charge in [-0.25, -0.2) is 0 Å². The summed E-state index contributed by atoms with van der Waals surface area (Å²) in [7, 11) is 0. The Labute approximate surface area is 134 Å². The molecular weight excluding hydrogens is 284 g/mol. The Hall–Kier alpha value is -0.610. The van der Waals surface area contributed by atoms with E-state index in [1.54, 1.807) is 0 Å². The Kier molecular flexibility index (Phi) is 5.67. The van der Waals surface area contributed by atoms with Crippen LogP contribution in [0.3, 0.4) is 0 Å². The Morgan fingerprint density at radius 1 is 1.33 bits per heavy atom. The van der Waals surface area contributed by atoms with E-state index in [-0.39, 0.29) is 12.4 Å². The summed E-state index contributed by atoms with van der Waals surface area (Å²) in [6.07, 6.45) is 2.42. The van der Waals surface area contributed by atoms with Crippen LogP contribution in [-0.4, -0.2) is 42.8 Å². The summed E-state index contributed by atoms with van der Waals surface area (Å²) in [6, 6.07) is 8.79. The molecule has 1 spiro atoms. The van der Waals surface area contributed by atoms with E-state index in [0.29, 0.717) is 17.9 Å². The predicted molar refractivity (Wildman–Crippen MR) is 88.8 cm³/mol. The van der Waals surface area contributed by atoms with Gasteiger partial charge in [0.1, 0.15) is 0 Å². The molecule has 2 aliphatic heterocycles. The molecule has 2 fully saturated rings. The number of rotatable bonds is 3. The summed E-state index contributed by atoms with van der Waals surface area (Å²) < 4.78 is 0. The first-order valence-electron chi connectivity index (χ1n) is 7.81. The maximum absolute atomic E-state index is 9.76. The summed E-state index contributed by atoms with van der Waals surface area (Å²) in [4.78, 5) is 2.54. The van der Waals surface area contributed by atoms with Crippen LogP contribution in [0.1, 0.15) is 24.0 Å². The highest BCUT2D eigenvalue weighted by molar-refractivity contribution is 5.85. The van der Waals surface area contributed by atoms with Crippen molar-refractivity contribution in [1.29, 1.82) is 0 Å². The quantitative estimate of drug-likeness (QED) is 0.898. The number of halogens is 1. The molecule has 21 heavy (non-hydrogen) atoms. The SMILES string of the molecule is Cc1cccc(CN2CC(CO)C3(CCNCC3)C2)c1.Cl. The number of benzene rings is 1. The Balaban J connectivity index is 0.00000161. The van der Waals surface area contributed by atoms with E-state index in [1.807, 2.05) is 0 Å². The van der Waals surface area contributed by atoms with Gasteiger partial charge in [-0.3, -0.25) is 4.90 Å². The van der Waals surface area contributed by atoms with Crippen molar-refractivity contribution in [3.05, 3.63) is 35.4 Å². The first-order chi connectivity index (χ1) is 9.72. The molecule has 1 aromatic carbocycles. The molecule has 0 radical (unpaired) electrons. The first kappa shape index (κ1) is 16.8. The number of aliphatic hydroxyl groups excluding tert-OH is 1. The lowest BCUT2D eigenvalue weighted by molar-refractivity contribution is 0.0984. The van der Waals surface area contributed by atoms with Crippen LogP contribution in [0.4, 0.5) is 0 Å². The Bertz CT molecular complexity index is 460. The van der Waals surface area contributed by atoms with Gasteiger partial charge in [0.25, 0.3) is 0 Å². The lowest BCUT2D eigenvalue weighted by Gasteiger charge is -2.38. The zero-order valence-electron chi connectivity index (χ0n) is 12.8. The van der Waals surface area contributed by atoms with Crippen molar-refractivity contribution in [3.8, 4) is 0 Å². The normalized spacial score (nSPS) is 25.0. The molecule has 2 N–H and O–H groups in total. The summed E-state index contributed by atoms with van der Waals surface area (Å²) in [5, 5.41) is 13.2. The molecule has 2 aliphatic rings.